The number of alkyl halides is 2. The van der Waals surface area contributed by atoms with Gasteiger partial charge in [-0.2, -0.15) is 0 Å². The summed E-state index contributed by atoms with van der Waals surface area (Å²) in [7, 11) is 0. The van der Waals surface area contributed by atoms with Crippen molar-refractivity contribution in [2.24, 2.45) is 0 Å². The number of benzene rings is 2. The van der Waals surface area contributed by atoms with Crippen molar-refractivity contribution >= 4 is 5.69 Å². The molecule has 3 heteroatoms. The Morgan fingerprint density at radius 1 is 0.882 bits per heavy atom. The van der Waals surface area contributed by atoms with E-state index in [0.29, 0.717) is 0 Å². The molecule has 0 unspecified atom stereocenters. The van der Waals surface area contributed by atoms with Gasteiger partial charge in [-0.1, -0.05) is 48.5 Å². The summed E-state index contributed by atoms with van der Waals surface area (Å²) in [5, 5.41) is 2.76. The predicted molar refractivity (Wildman–Crippen MR) is 66.4 cm³/mol. The summed E-state index contributed by atoms with van der Waals surface area (Å²) in [4.78, 5) is 0. The molecular formula is C14H13F2N. The molecule has 2 rings (SSSR count). The van der Waals surface area contributed by atoms with E-state index in [1.807, 2.05) is 54.6 Å². The standard InChI is InChI=1S/C14H13F2N/c15-14(16)10-17-13-9-5-4-8-12(13)11-6-2-1-3-7-11/h1-9,14,17H,10H2. The Balaban J connectivity index is 2.28. The Kier molecular flexibility index (Phi) is 3.70. The van der Waals surface area contributed by atoms with E-state index >= 15 is 0 Å². The number of hydrogen-bond donors (Lipinski definition) is 1. The first-order valence-electron chi connectivity index (χ1n) is 5.44. The fourth-order valence-electron chi connectivity index (χ4n) is 1.69. The van der Waals surface area contributed by atoms with Gasteiger partial charge in [-0.3, -0.25) is 0 Å². The summed E-state index contributed by atoms with van der Waals surface area (Å²) in [6.45, 7) is -0.330. The van der Waals surface area contributed by atoms with Gasteiger partial charge in [0.15, 0.2) is 0 Å². The lowest BCUT2D eigenvalue weighted by Gasteiger charge is -2.11. The third-order valence-corrected chi connectivity index (χ3v) is 2.46. The van der Waals surface area contributed by atoms with Crippen LogP contribution in [0.1, 0.15) is 0 Å². The Morgan fingerprint density at radius 3 is 2.24 bits per heavy atom. The van der Waals surface area contributed by atoms with E-state index in [9.17, 15) is 8.78 Å². The SMILES string of the molecule is FC(F)CNc1ccccc1-c1ccccc1. The monoisotopic (exact) mass is 233 g/mol. The molecule has 0 heterocycles. The molecule has 0 aliphatic heterocycles. The number of halogens is 2. The number of hydrogen-bond acceptors (Lipinski definition) is 1. The molecule has 17 heavy (non-hydrogen) atoms. The van der Waals surface area contributed by atoms with E-state index in [-0.39, 0.29) is 6.54 Å². The minimum Gasteiger partial charge on any atom is -0.379 e. The van der Waals surface area contributed by atoms with Crippen molar-refractivity contribution in [2.45, 2.75) is 6.43 Å². The molecule has 2 aromatic carbocycles. The molecule has 0 saturated carbocycles. The Labute approximate surface area is 99.1 Å². The van der Waals surface area contributed by atoms with Crippen LogP contribution in [0.2, 0.25) is 0 Å². The van der Waals surface area contributed by atoms with Crippen molar-refractivity contribution in [3.8, 4) is 11.1 Å². The van der Waals surface area contributed by atoms with Crippen LogP contribution < -0.4 is 5.32 Å². The summed E-state index contributed by atoms with van der Waals surface area (Å²) in [6, 6.07) is 17.2. The molecule has 1 nitrogen and oxygen atoms in total. The first-order valence-corrected chi connectivity index (χ1v) is 5.44. The van der Waals surface area contributed by atoms with E-state index < -0.39 is 6.43 Å². The number of nitrogens with one attached hydrogen (secondary N) is 1. The molecule has 0 radical (unpaired) electrons. The predicted octanol–water partition coefficient (Wildman–Crippen LogP) is 4.03. The van der Waals surface area contributed by atoms with Crippen LogP contribution in [0.15, 0.2) is 54.6 Å². The highest BCUT2D eigenvalue weighted by Gasteiger charge is 2.06. The van der Waals surface area contributed by atoms with Gasteiger partial charge in [-0.15, -0.1) is 0 Å². The maximum Gasteiger partial charge on any atom is 0.255 e. The molecule has 0 saturated heterocycles. The highest BCUT2D eigenvalue weighted by molar-refractivity contribution is 5.77. The summed E-state index contributed by atoms with van der Waals surface area (Å²) in [6.07, 6.45) is -2.35. The number of rotatable bonds is 4. The van der Waals surface area contributed by atoms with Gasteiger partial charge in [0.1, 0.15) is 0 Å². The van der Waals surface area contributed by atoms with Gasteiger partial charge in [0, 0.05) is 11.3 Å². The van der Waals surface area contributed by atoms with Crippen molar-refractivity contribution in [3.63, 3.8) is 0 Å². The third kappa shape index (κ3) is 3.03. The molecule has 0 spiro atoms. The van der Waals surface area contributed by atoms with E-state index in [4.69, 9.17) is 0 Å². The van der Waals surface area contributed by atoms with E-state index in [2.05, 4.69) is 5.32 Å². The molecule has 0 fully saturated rings. The fourth-order valence-corrected chi connectivity index (χ4v) is 1.69. The van der Waals surface area contributed by atoms with Crippen LogP contribution in [0.25, 0.3) is 11.1 Å². The van der Waals surface area contributed by atoms with Crippen LogP contribution in [-0.2, 0) is 0 Å². The lowest BCUT2D eigenvalue weighted by Crippen LogP contribution is -2.10. The zero-order chi connectivity index (χ0) is 12.1. The Bertz CT molecular complexity index is 469. The molecule has 1 N–H and O–H groups in total. The second-order valence-corrected chi connectivity index (χ2v) is 3.68. The summed E-state index contributed by atoms with van der Waals surface area (Å²) < 4.78 is 24.4. The van der Waals surface area contributed by atoms with Crippen molar-refractivity contribution in [1.29, 1.82) is 0 Å². The Hall–Kier alpha value is -1.90. The second kappa shape index (κ2) is 5.43. The largest absolute Gasteiger partial charge is 0.379 e. The average Bonchev–Trinajstić information content (AvgIpc) is 2.38. The summed E-state index contributed by atoms with van der Waals surface area (Å²) >= 11 is 0. The first kappa shape index (κ1) is 11.6. The molecule has 2 aromatic rings. The van der Waals surface area contributed by atoms with Gasteiger partial charge in [-0.05, 0) is 11.6 Å². The molecule has 0 aromatic heterocycles. The van der Waals surface area contributed by atoms with E-state index in [1.165, 1.54) is 0 Å². The van der Waals surface area contributed by atoms with Crippen LogP contribution in [0.5, 0.6) is 0 Å². The van der Waals surface area contributed by atoms with Crippen molar-refractivity contribution in [3.05, 3.63) is 54.6 Å². The van der Waals surface area contributed by atoms with Crippen LogP contribution in [0.3, 0.4) is 0 Å². The van der Waals surface area contributed by atoms with Crippen LogP contribution >= 0.6 is 0 Å². The zero-order valence-corrected chi connectivity index (χ0v) is 9.24. The lowest BCUT2D eigenvalue weighted by molar-refractivity contribution is 0.163. The van der Waals surface area contributed by atoms with Gasteiger partial charge in [0.2, 0.25) is 0 Å². The van der Waals surface area contributed by atoms with Gasteiger partial charge in [0.25, 0.3) is 6.43 Å². The number of para-hydroxylation sites is 1. The van der Waals surface area contributed by atoms with Gasteiger partial charge >= 0.3 is 0 Å². The quantitative estimate of drug-likeness (QED) is 0.840. The van der Waals surface area contributed by atoms with E-state index in [1.54, 1.807) is 0 Å². The zero-order valence-electron chi connectivity index (χ0n) is 9.24. The maximum atomic E-state index is 12.2. The van der Waals surface area contributed by atoms with Crippen LogP contribution in [0, 0.1) is 0 Å². The minimum atomic E-state index is -2.35. The van der Waals surface area contributed by atoms with Gasteiger partial charge in [0.05, 0.1) is 6.54 Å². The molecule has 0 amide bonds. The van der Waals surface area contributed by atoms with Crippen molar-refractivity contribution in [2.75, 3.05) is 11.9 Å². The van der Waals surface area contributed by atoms with Gasteiger partial charge < -0.3 is 5.32 Å². The van der Waals surface area contributed by atoms with Crippen LogP contribution in [0.4, 0.5) is 14.5 Å². The highest BCUT2D eigenvalue weighted by atomic mass is 19.3. The fraction of sp³-hybridized carbons (Fsp3) is 0.143. The molecule has 0 atom stereocenters. The summed E-state index contributed by atoms with van der Waals surface area (Å²) in [5.41, 5.74) is 2.69. The summed E-state index contributed by atoms with van der Waals surface area (Å²) in [5.74, 6) is 0. The number of anilines is 1. The van der Waals surface area contributed by atoms with E-state index in [0.717, 1.165) is 16.8 Å². The van der Waals surface area contributed by atoms with Crippen molar-refractivity contribution in [1.82, 2.24) is 0 Å². The normalized spacial score (nSPS) is 10.5. The highest BCUT2D eigenvalue weighted by Crippen LogP contribution is 2.27. The lowest BCUT2D eigenvalue weighted by atomic mass is 10.0. The second-order valence-electron chi connectivity index (χ2n) is 3.68. The third-order valence-electron chi connectivity index (χ3n) is 2.46. The molecule has 0 aliphatic rings. The average molecular weight is 233 g/mol. The minimum absolute atomic E-state index is 0.330. The smallest absolute Gasteiger partial charge is 0.255 e. The van der Waals surface area contributed by atoms with Crippen molar-refractivity contribution < 1.29 is 8.78 Å². The molecular weight excluding hydrogens is 220 g/mol. The van der Waals surface area contributed by atoms with Crippen LogP contribution in [-0.4, -0.2) is 13.0 Å². The maximum absolute atomic E-state index is 12.2. The molecule has 0 bridgehead atoms. The molecule has 88 valence electrons. The molecule has 0 aliphatic carbocycles. The topological polar surface area (TPSA) is 12.0 Å². The Morgan fingerprint density at radius 2 is 1.53 bits per heavy atom. The van der Waals surface area contributed by atoms with Gasteiger partial charge in [-0.25, -0.2) is 8.78 Å². The first-order chi connectivity index (χ1) is 8.27.